The van der Waals surface area contributed by atoms with Gasteiger partial charge in [0.25, 0.3) is 0 Å². The van der Waals surface area contributed by atoms with E-state index in [1.54, 1.807) is 6.33 Å². The fourth-order valence-electron chi connectivity index (χ4n) is 2.99. The highest BCUT2D eigenvalue weighted by Gasteiger charge is 2.33. The number of rotatable bonds is 2. The van der Waals surface area contributed by atoms with Crippen molar-refractivity contribution in [2.45, 2.75) is 37.8 Å². The van der Waals surface area contributed by atoms with Crippen molar-refractivity contribution in [2.24, 2.45) is 0 Å². The van der Waals surface area contributed by atoms with Gasteiger partial charge in [0.15, 0.2) is 0 Å². The molecule has 3 rings (SSSR count). The van der Waals surface area contributed by atoms with Gasteiger partial charge in [0.2, 0.25) is 0 Å². The van der Waals surface area contributed by atoms with Crippen molar-refractivity contribution in [3.05, 3.63) is 18.6 Å². The van der Waals surface area contributed by atoms with Gasteiger partial charge in [0, 0.05) is 24.8 Å². The minimum atomic E-state index is 0.636. The van der Waals surface area contributed by atoms with Crippen LogP contribution in [0, 0.1) is 0 Å². The third kappa shape index (κ3) is 1.78. The molecule has 4 heteroatoms. The molecule has 0 saturated carbocycles. The standard InChI is InChI=1S/C12H18N4/c1-3-10(14-6-1)11-4-2-8-16(11)12-5-7-13-9-15-12/h5,7,9-11,14H,1-4,6,8H2. The van der Waals surface area contributed by atoms with Gasteiger partial charge >= 0.3 is 0 Å². The molecule has 2 saturated heterocycles. The van der Waals surface area contributed by atoms with Crippen molar-refractivity contribution < 1.29 is 0 Å². The number of anilines is 1. The highest BCUT2D eigenvalue weighted by Crippen LogP contribution is 2.28. The van der Waals surface area contributed by atoms with E-state index in [0.717, 1.165) is 12.4 Å². The lowest BCUT2D eigenvalue weighted by molar-refractivity contribution is 0.481. The van der Waals surface area contributed by atoms with Crippen molar-refractivity contribution in [1.29, 1.82) is 0 Å². The van der Waals surface area contributed by atoms with Crippen LogP contribution in [0.1, 0.15) is 25.7 Å². The molecule has 1 aromatic heterocycles. The first-order valence-corrected chi connectivity index (χ1v) is 6.21. The Labute approximate surface area is 96.1 Å². The first-order chi connectivity index (χ1) is 7.95. The van der Waals surface area contributed by atoms with Crippen molar-refractivity contribution >= 4 is 5.82 Å². The van der Waals surface area contributed by atoms with E-state index in [-0.39, 0.29) is 0 Å². The van der Waals surface area contributed by atoms with Crippen LogP contribution in [0.15, 0.2) is 18.6 Å². The van der Waals surface area contributed by atoms with Gasteiger partial charge in [-0.15, -0.1) is 0 Å². The normalized spacial score (nSPS) is 29.9. The fourth-order valence-corrected chi connectivity index (χ4v) is 2.99. The summed E-state index contributed by atoms with van der Waals surface area (Å²) in [5.74, 6) is 1.09. The maximum Gasteiger partial charge on any atom is 0.132 e. The smallest absolute Gasteiger partial charge is 0.132 e. The number of hydrogen-bond donors (Lipinski definition) is 1. The molecule has 1 aromatic rings. The van der Waals surface area contributed by atoms with Gasteiger partial charge in [-0.05, 0) is 38.3 Å². The molecule has 0 bridgehead atoms. The lowest BCUT2D eigenvalue weighted by atomic mass is 10.0. The van der Waals surface area contributed by atoms with Crippen LogP contribution >= 0.6 is 0 Å². The minimum absolute atomic E-state index is 0.636. The second-order valence-electron chi connectivity index (χ2n) is 4.67. The van der Waals surface area contributed by atoms with E-state index in [0.29, 0.717) is 12.1 Å². The molecule has 2 unspecified atom stereocenters. The van der Waals surface area contributed by atoms with E-state index >= 15 is 0 Å². The Kier molecular flexibility index (Phi) is 2.74. The van der Waals surface area contributed by atoms with Crippen molar-refractivity contribution in [3.8, 4) is 0 Å². The highest BCUT2D eigenvalue weighted by molar-refractivity contribution is 5.40. The Hall–Kier alpha value is -1.16. The second kappa shape index (κ2) is 4.37. The van der Waals surface area contributed by atoms with Crippen LogP contribution in [-0.2, 0) is 0 Å². The molecule has 4 nitrogen and oxygen atoms in total. The number of aromatic nitrogens is 2. The number of nitrogens with zero attached hydrogens (tertiary/aromatic N) is 3. The maximum absolute atomic E-state index is 4.37. The van der Waals surface area contributed by atoms with E-state index in [2.05, 4.69) is 20.2 Å². The van der Waals surface area contributed by atoms with Gasteiger partial charge in [-0.1, -0.05) is 0 Å². The van der Waals surface area contributed by atoms with Gasteiger partial charge in [-0.2, -0.15) is 0 Å². The van der Waals surface area contributed by atoms with Gasteiger partial charge in [-0.3, -0.25) is 0 Å². The Bertz CT molecular complexity index is 334. The van der Waals surface area contributed by atoms with Crippen LogP contribution < -0.4 is 10.2 Å². The van der Waals surface area contributed by atoms with Crippen LogP contribution in [0.3, 0.4) is 0 Å². The summed E-state index contributed by atoms with van der Waals surface area (Å²) in [7, 11) is 0. The highest BCUT2D eigenvalue weighted by atomic mass is 15.3. The molecular formula is C12H18N4. The molecule has 2 aliphatic heterocycles. The summed E-state index contributed by atoms with van der Waals surface area (Å²) >= 11 is 0. The van der Waals surface area contributed by atoms with Crippen LogP contribution in [0.4, 0.5) is 5.82 Å². The van der Waals surface area contributed by atoms with E-state index < -0.39 is 0 Å². The lowest BCUT2D eigenvalue weighted by Gasteiger charge is -2.30. The summed E-state index contributed by atoms with van der Waals surface area (Å²) in [6.45, 7) is 2.32. The van der Waals surface area contributed by atoms with E-state index in [4.69, 9.17) is 0 Å². The molecule has 16 heavy (non-hydrogen) atoms. The Balaban J connectivity index is 1.78. The zero-order valence-electron chi connectivity index (χ0n) is 9.47. The zero-order chi connectivity index (χ0) is 10.8. The van der Waals surface area contributed by atoms with Gasteiger partial charge in [0.05, 0.1) is 0 Å². The lowest BCUT2D eigenvalue weighted by Crippen LogP contribution is -2.44. The monoisotopic (exact) mass is 218 g/mol. The third-order valence-corrected chi connectivity index (χ3v) is 3.72. The van der Waals surface area contributed by atoms with Crippen LogP contribution in [0.5, 0.6) is 0 Å². The average molecular weight is 218 g/mol. The van der Waals surface area contributed by atoms with Crippen molar-refractivity contribution in [3.63, 3.8) is 0 Å². The van der Waals surface area contributed by atoms with Crippen LogP contribution in [0.2, 0.25) is 0 Å². The molecule has 2 atom stereocenters. The number of nitrogens with one attached hydrogen (secondary N) is 1. The van der Waals surface area contributed by atoms with Gasteiger partial charge < -0.3 is 10.2 Å². The first kappa shape index (κ1) is 10.0. The summed E-state index contributed by atoms with van der Waals surface area (Å²) in [6.07, 6.45) is 8.69. The largest absolute Gasteiger partial charge is 0.352 e. The number of hydrogen-bond acceptors (Lipinski definition) is 4. The average Bonchev–Trinajstić information content (AvgIpc) is 3.01. The Morgan fingerprint density at radius 2 is 2.31 bits per heavy atom. The third-order valence-electron chi connectivity index (χ3n) is 3.72. The molecule has 1 N–H and O–H groups in total. The minimum Gasteiger partial charge on any atom is -0.352 e. The summed E-state index contributed by atoms with van der Waals surface area (Å²) in [5.41, 5.74) is 0. The van der Waals surface area contributed by atoms with Crippen LogP contribution in [0.25, 0.3) is 0 Å². The molecule has 0 amide bonds. The molecule has 3 heterocycles. The summed E-state index contributed by atoms with van der Waals surface area (Å²) < 4.78 is 0. The molecule has 0 spiro atoms. The molecule has 2 aliphatic rings. The quantitative estimate of drug-likeness (QED) is 0.809. The van der Waals surface area contributed by atoms with Crippen molar-refractivity contribution in [2.75, 3.05) is 18.0 Å². The molecule has 0 aliphatic carbocycles. The maximum atomic E-state index is 4.37. The SMILES string of the molecule is c1cc(N2CCCC2C2CCCN2)ncn1. The second-order valence-corrected chi connectivity index (χ2v) is 4.67. The molecular weight excluding hydrogens is 200 g/mol. The Morgan fingerprint density at radius 1 is 1.31 bits per heavy atom. The van der Waals surface area contributed by atoms with Gasteiger partial charge in [-0.25, -0.2) is 9.97 Å². The first-order valence-electron chi connectivity index (χ1n) is 6.21. The van der Waals surface area contributed by atoms with E-state index in [9.17, 15) is 0 Å². The molecule has 2 fully saturated rings. The summed E-state index contributed by atoms with van der Waals surface area (Å²) in [6, 6.07) is 3.32. The predicted molar refractivity (Wildman–Crippen MR) is 63.4 cm³/mol. The van der Waals surface area contributed by atoms with Crippen molar-refractivity contribution in [1.82, 2.24) is 15.3 Å². The van der Waals surface area contributed by atoms with E-state index in [1.807, 2.05) is 12.3 Å². The molecule has 86 valence electrons. The van der Waals surface area contributed by atoms with Crippen LogP contribution in [-0.4, -0.2) is 35.1 Å². The van der Waals surface area contributed by atoms with E-state index in [1.165, 1.54) is 32.2 Å². The topological polar surface area (TPSA) is 41.0 Å². The summed E-state index contributed by atoms with van der Waals surface area (Å²) in [5, 5.41) is 3.61. The summed E-state index contributed by atoms with van der Waals surface area (Å²) in [4.78, 5) is 10.8. The zero-order valence-corrected chi connectivity index (χ0v) is 9.47. The molecule has 0 aromatic carbocycles. The Morgan fingerprint density at radius 3 is 3.06 bits per heavy atom. The molecule has 0 radical (unpaired) electrons. The fraction of sp³-hybridized carbons (Fsp3) is 0.667. The van der Waals surface area contributed by atoms with Gasteiger partial charge in [0.1, 0.15) is 12.1 Å². The predicted octanol–water partition coefficient (Wildman–Crippen LogP) is 1.20.